The van der Waals surface area contributed by atoms with Crippen LogP contribution in [0.3, 0.4) is 0 Å². The van der Waals surface area contributed by atoms with Gasteiger partial charge in [0.15, 0.2) is 0 Å². The van der Waals surface area contributed by atoms with Gasteiger partial charge in [0.25, 0.3) is 10.0 Å². The van der Waals surface area contributed by atoms with Gasteiger partial charge in [-0.2, -0.15) is 5.11 Å². The molecule has 2 aromatic carbocycles. The first kappa shape index (κ1) is 25.3. The summed E-state index contributed by atoms with van der Waals surface area (Å²) in [6.07, 6.45) is 1.81. The van der Waals surface area contributed by atoms with Crippen molar-refractivity contribution in [3.05, 3.63) is 65.9 Å². The van der Waals surface area contributed by atoms with Crippen molar-refractivity contribution in [1.29, 1.82) is 0 Å². The van der Waals surface area contributed by atoms with Crippen molar-refractivity contribution in [2.45, 2.75) is 18.2 Å². The Hall–Kier alpha value is -4.32. The van der Waals surface area contributed by atoms with Gasteiger partial charge < -0.3 is 19.9 Å². The number of phenols is 1. The Balaban J connectivity index is 1.97. The third-order valence-electron chi connectivity index (χ3n) is 5.05. The first-order chi connectivity index (χ1) is 16.7. The fourth-order valence-corrected chi connectivity index (χ4v) is 4.23. The lowest BCUT2D eigenvalue weighted by molar-refractivity contribution is -0.107. The summed E-state index contributed by atoms with van der Waals surface area (Å²) in [6.45, 7) is 2.32. The van der Waals surface area contributed by atoms with Crippen LogP contribution in [0.15, 0.2) is 69.9 Å². The van der Waals surface area contributed by atoms with E-state index in [4.69, 9.17) is 0 Å². The summed E-state index contributed by atoms with van der Waals surface area (Å²) >= 11 is 0. The van der Waals surface area contributed by atoms with Crippen molar-refractivity contribution in [3.8, 4) is 5.75 Å². The molecule has 1 aromatic heterocycles. The van der Waals surface area contributed by atoms with Crippen molar-refractivity contribution in [3.63, 3.8) is 0 Å². The average Bonchev–Trinajstić information content (AvgIpc) is 2.84. The van der Waals surface area contributed by atoms with Gasteiger partial charge >= 0.3 is 5.97 Å². The molecule has 0 saturated heterocycles. The molecule has 35 heavy (non-hydrogen) atoms. The van der Waals surface area contributed by atoms with Crippen molar-refractivity contribution in [2.75, 3.05) is 23.2 Å². The Morgan fingerprint density at radius 2 is 1.89 bits per heavy atom. The Bertz CT molecular complexity index is 1360. The second-order valence-electron chi connectivity index (χ2n) is 7.32. The Morgan fingerprint density at radius 3 is 2.46 bits per heavy atom. The van der Waals surface area contributed by atoms with Gasteiger partial charge in [-0.05, 0) is 49.4 Å². The highest BCUT2D eigenvalue weighted by molar-refractivity contribution is 7.92. The van der Waals surface area contributed by atoms with Gasteiger partial charge in [0.2, 0.25) is 0 Å². The lowest BCUT2D eigenvalue weighted by Gasteiger charge is -2.23. The van der Waals surface area contributed by atoms with E-state index in [-0.39, 0.29) is 28.4 Å². The number of anilines is 2. The van der Waals surface area contributed by atoms with Crippen LogP contribution in [0.1, 0.15) is 22.8 Å². The van der Waals surface area contributed by atoms with Crippen LogP contribution in [0.25, 0.3) is 0 Å². The largest absolute Gasteiger partial charge is 0.507 e. The van der Waals surface area contributed by atoms with E-state index >= 15 is 0 Å². The molecule has 3 N–H and O–H groups in total. The summed E-state index contributed by atoms with van der Waals surface area (Å²) in [5.41, 5.74) is 0.514. The third kappa shape index (κ3) is 5.79. The summed E-state index contributed by atoms with van der Waals surface area (Å²) in [5, 5.41) is 28.1. The van der Waals surface area contributed by atoms with Gasteiger partial charge in [0.05, 0.1) is 16.3 Å². The molecule has 1 heterocycles. The van der Waals surface area contributed by atoms with E-state index in [1.807, 2.05) is 6.92 Å². The molecular formula is C23H23N5O6S. The van der Waals surface area contributed by atoms with Crippen LogP contribution in [0, 0.1) is 0 Å². The molecule has 11 nitrogen and oxygen atoms in total. The monoisotopic (exact) mass is 497 g/mol. The molecule has 0 aliphatic heterocycles. The molecule has 0 spiro atoms. The van der Waals surface area contributed by atoms with Crippen LogP contribution < -0.4 is 9.62 Å². The number of benzene rings is 2. The summed E-state index contributed by atoms with van der Waals surface area (Å²) in [4.78, 5) is 28.4. The van der Waals surface area contributed by atoms with Crippen LogP contribution in [-0.2, 0) is 21.2 Å². The molecule has 0 aliphatic carbocycles. The zero-order valence-electron chi connectivity index (χ0n) is 18.9. The molecule has 0 aliphatic rings. The second kappa shape index (κ2) is 10.7. The number of aromatic nitrogens is 1. The lowest BCUT2D eigenvalue weighted by atomic mass is 10.0. The highest BCUT2D eigenvalue weighted by atomic mass is 32.2. The smallest absolute Gasteiger partial charge is 0.339 e. The quantitative estimate of drug-likeness (QED) is 0.281. The van der Waals surface area contributed by atoms with E-state index in [0.717, 1.165) is 0 Å². The molecule has 0 saturated carbocycles. The van der Waals surface area contributed by atoms with Crippen LogP contribution in [0.4, 0.5) is 22.9 Å². The number of carbonyl (C=O) groups excluding carboxylic acids is 1. The van der Waals surface area contributed by atoms with Crippen molar-refractivity contribution < 1.29 is 28.2 Å². The number of hydrogen-bond acceptors (Lipinski definition) is 9. The van der Waals surface area contributed by atoms with Crippen LogP contribution in [0.2, 0.25) is 0 Å². The standard InChI is InChI=1S/C23H23N5O6S/c1-3-28(2)21-17(11-13-29)22(30)18(23(31)32)14-19(21)26-25-15-7-9-16(10-8-15)35(33,34)27-20-6-4-5-12-24-20/h4-10,12-14,30H,3,11H2,1-2H3,(H,24,27)(H,31,32). The van der Waals surface area contributed by atoms with Crippen LogP contribution >= 0.6 is 0 Å². The van der Waals surface area contributed by atoms with Crippen molar-refractivity contribution in [1.82, 2.24) is 4.98 Å². The van der Waals surface area contributed by atoms with Gasteiger partial charge in [-0.3, -0.25) is 4.72 Å². The first-order valence-electron chi connectivity index (χ1n) is 10.4. The highest BCUT2D eigenvalue weighted by Gasteiger charge is 2.23. The third-order valence-corrected chi connectivity index (χ3v) is 6.42. The van der Waals surface area contributed by atoms with E-state index in [9.17, 15) is 28.2 Å². The summed E-state index contributed by atoms with van der Waals surface area (Å²) < 4.78 is 27.5. The maximum Gasteiger partial charge on any atom is 0.339 e. The van der Waals surface area contributed by atoms with Crippen molar-refractivity contribution in [2.24, 2.45) is 10.2 Å². The number of carboxylic acids is 1. The van der Waals surface area contributed by atoms with Crippen LogP contribution in [0.5, 0.6) is 5.75 Å². The van der Waals surface area contributed by atoms with Gasteiger partial charge in [0.1, 0.15) is 29.1 Å². The predicted octanol–water partition coefficient (Wildman–Crippen LogP) is 3.90. The minimum Gasteiger partial charge on any atom is -0.507 e. The molecular weight excluding hydrogens is 474 g/mol. The fraction of sp³-hybridized carbons (Fsp3) is 0.174. The molecule has 182 valence electrons. The van der Waals surface area contributed by atoms with E-state index < -0.39 is 27.3 Å². The maximum absolute atomic E-state index is 12.6. The minimum atomic E-state index is -3.87. The fourth-order valence-electron chi connectivity index (χ4n) is 3.23. The normalized spacial score (nSPS) is 11.4. The highest BCUT2D eigenvalue weighted by Crippen LogP contribution is 2.41. The van der Waals surface area contributed by atoms with Gasteiger partial charge in [0, 0.05) is 31.8 Å². The number of aromatic hydroxyl groups is 1. The minimum absolute atomic E-state index is 0.0143. The van der Waals surface area contributed by atoms with Crippen LogP contribution in [-0.4, -0.2) is 49.5 Å². The zero-order chi connectivity index (χ0) is 25.6. The average molecular weight is 498 g/mol. The molecule has 0 amide bonds. The van der Waals surface area contributed by atoms with Gasteiger partial charge in [-0.1, -0.05) is 6.07 Å². The van der Waals surface area contributed by atoms with E-state index in [2.05, 4.69) is 19.9 Å². The number of hydrogen-bond donors (Lipinski definition) is 3. The Kier molecular flexibility index (Phi) is 7.76. The van der Waals surface area contributed by atoms with Gasteiger partial charge in [-0.25, -0.2) is 18.2 Å². The Labute approximate surface area is 201 Å². The lowest BCUT2D eigenvalue weighted by Crippen LogP contribution is -2.19. The number of azo groups is 1. The van der Waals surface area contributed by atoms with Gasteiger partial charge in [-0.15, -0.1) is 5.11 Å². The summed E-state index contributed by atoms with van der Waals surface area (Å²) in [6, 6.07) is 11.6. The number of pyridine rings is 1. The maximum atomic E-state index is 12.6. The number of aromatic carboxylic acids is 1. The molecule has 0 bridgehead atoms. The number of aldehydes is 1. The second-order valence-corrected chi connectivity index (χ2v) is 9.01. The van der Waals surface area contributed by atoms with E-state index in [0.29, 0.717) is 24.2 Å². The first-order valence-corrected chi connectivity index (χ1v) is 11.9. The van der Waals surface area contributed by atoms with Crippen molar-refractivity contribution >= 4 is 45.2 Å². The molecule has 12 heteroatoms. The number of carboxylic acid groups (broad SMARTS) is 1. The zero-order valence-corrected chi connectivity index (χ0v) is 19.7. The van der Waals surface area contributed by atoms with E-state index in [1.54, 1.807) is 24.1 Å². The molecule has 3 aromatic rings. The number of rotatable bonds is 10. The Morgan fingerprint density at radius 1 is 1.17 bits per heavy atom. The molecule has 0 fully saturated rings. The number of carbonyl (C=O) groups is 2. The molecule has 3 rings (SSSR count). The topological polar surface area (TPSA) is 162 Å². The molecule has 0 unspecified atom stereocenters. The summed E-state index contributed by atoms with van der Waals surface area (Å²) in [5.74, 6) is -1.71. The number of nitrogens with one attached hydrogen (secondary N) is 1. The molecule has 0 atom stereocenters. The summed E-state index contributed by atoms with van der Waals surface area (Å²) in [7, 11) is -2.16. The number of sulfonamides is 1. The predicted molar refractivity (Wildman–Crippen MR) is 129 cm³/mol. The molecule has 0 radical (unpaired) electrons. The number of nitrogens with zero attached hydrogens (tertiary/aromatic N) is 4. The van der Waals surface area contributed by atoms with E-state index in [1.165, 1.54) is 42.6 Å². The SMILES string of the molecule is CCN(C)c1c(N=Nc2ccc(S(=O)(=O)Nc3ccccn3)cc2)cc(C(=O)O)c(O)c1CC=O.